The molecule has 5 heteroatoms. The van der Waals surface area contributed by atoms with Crippen molar-refractivity contribution in [1.29, 1.82) is 0 Å². The quantitative estimate of drug-likeness (QED) is 0.938. The molecule has 2 rings (SSSR count). The molecule has 0 spiro atoms. The second-order valence-electron chi connectivity index (χ2n) is 5.12. The van der Waals surface area contributed by atoms with Crippen LogP contribution in [0.5, 0.6) is 0 Å². The number of rotatable bonds is 4. The van der Waals surface area contributed by atoms with Crippen molar-refractivity contribution >= 4 is 17.5 Å². The average molecular weight is 284 g/mol. The fraction of sp³-hybridized carbons (Fsp3) is 0.312. The lowest BCUT2D eigenvalue weighted by atomic mass is 10.1. The highest BCUT2D eigenvalue weighted by Gasteiger charge is 2.17. The summed E-state index contributed by atoms with van der Waals surface area (Å²) in [5.74, 6) is 1.47. The van der Waals surface area contributed by atoms with Gasteiger partial charge in [-0.1, -0.05) is 19.9 Å². The normalized spacial score (nSPS) is 10.5. The largest absolute Gasteiger partial charge is 0.373 e. The van der Waals surface area contributed by atoms with Gasteiger partial charge in [0, 0.05) is 31.5 Å². The van der Waals surface area contributed by atoms with E-state index in [-0.39, 0.29) is 11.8 Å². The third-order valence-electron chi connectivity index (χ3n) is 3.24. The highest BCUT2D eigenvalue weighted by Crippen LogP contribution is 2.20. The maximum Gasteiger partial charge on any atom is 0.259 e. The third kappa shape index (κ3) is 3.37. The molecule has 0 saturated heterocycles. The average Bonchev–Trinajstić information content (AvgIpc) is 2.53. The Morgan fingerprint density at radius 3 is 2.62 bits per heavy atom. The number of aromatic nitrogens is 2. The van der Waals surface area contributed by atoms with E-state index in [2.05, 4.69) is 29.1 Å². The molecule has 2 heterocycles. The van der Waals surface area contributed by atoms with Crippen LogP contribution in [-0.2, 0) is 0 Å². The van der Waals surface area contributed by atoms with Crippen molar-refractivity contribution in [3.8, 4) is 0 Å². The first kappa shape index (κ1) is 15.0. The van der Waals surface area contributed by atoms with Crippen LogP contribution in [0.3, 0.4) is 0 Å². The Bertz CT molecular complexity index is 625. The van der Waals surface area contributed by atoms with E-state index in [4.69, 9.17) is 0 Å². The van der Waals surface area contributed by atoms with Gasteiger partial charge in [-0.15, -0.1) is 0 Å². The van der Waals surface area contributed by atoms with Crippen LogP contribution in [0.15, 0.2) is 36.5 Å². The van der Waals surface area contributed by atoms with Crippen molar-refractivity contribution in [3.63, 3.8) is 0 Å². The molecular weight excluding hydrogens is 264 g/mol. The second-order valence-corrected chi connectivity index (χ2v) is 5.12. The van der Waals surface area contributed by atoms with Gasteiger partial charge in [-0.05, 0) is 30.2 Å². The van der Waals surface area contributed by atoms with Crippen LogP contribution in [0.2, 0.25) is 0 Å². The van der Waals surface area contributed by atoms with E-state index in [0.29, 0.717) is 17.2 Å². The smallest absolute Gasteiger partial charge is 0.259 e. The Balaban J connectivity index is 2.36. The summed E-state index contributed by atoms with van der Waals surface area (Å²) in [7, 11) is 3.52. The van der Waals surface area contributed by atoms with Crippen LogP contribution in [0.1, 0.15) is 35.8 Å². The van der Waals surface area contributed by atoms with Gasteiger partial charge >= 0.3 is 0 Å². The van der Waals surface area contributed by atoms with Crippen LogP contribution in [-0.4, -0.2) is 30.0 Å². The Labute approximate surface area is 125 Å². The standard InChI is InChI=1S/C16H20N4O/c1-11(2)13-9-12(10-14(17-3)19-13)16(21)20(4)15-7-5-6-8-18-15/h5-11H,1-4H3,(H,17,19). The summed E-state index contributed by atoms with van der Waals surface area (Å²) in [6.45, 7) is 4.11. The zero-order valence-electron chi connectivity index (χ0n) is 12.8. The first-order chi connectivity index (χ1) is 10.0. The van der Waals surface area contributed by atoms with Crippen LogP contribution in [0.25, 0.3) is 0 Å². The molecule has 0 aliphatic carbocycles. The first-order valence-electron chi connectivity index (χ1n) is 6.91. The molecule has 2 aromatic heterocycles. The minimum absolute atomic E-state index is 0.102. The summed E-state index contributed by atoms with van der Waals surface area (Å²) >= 11 is 0. The van der Waals surface area contributed by atoms with Crippen molar-refractivity contribution in [2.24, 2.45) is 0 Å². The van der Waals surface area contributed by atoms with Gasteiger partial charge in [-0.25, -0.2) is 9.97 Å². The van der Waals surface area contributed by atoms with E-state index >= 15 is 0 Å². The van der Waals surface area contributed by atoms with Crippen molar-refractivity contribution < 1.29 is 4.79 Å². The number of carbonyl (C=O) groups excluding carboxylic acids is 1. The predicted molar refractivity (Wildman–Crippen MR) is 84.8 cm³/mol. The fourth-order valence-electron chi connectivity index (χ4n) is 1.95. The summed E-state index contributed by atoms with van der Waals surface area (Å²) in [6.07, 6.45) is 1.67. The summed E-state index contributed by atoms with van der Waals surface area (Å²) in [5.41, 5.74) is 1.49. The Kier molecular flexibility index (Phi) is 4.52. The van der Waals surface area contributed by atoms with E-state index in [0.717, 1.165) is 5.69 Å². The van der Waals surface area contributed by atoms with Crippen LogP contribution in [0.4, 0.5) is 11.6 Å². The zero-order chi connectivity index (χ0) is 15.4. The van der Waals surface area contributed by atoms with E-state index < -0.39 is 0 Å². The van der Waals surface area contributed by atoms with Gasteiger partial charge in [0.05, 0.1) is 0 Å². The molecule has 0 atom stereocenters. The molecule has 0 aliphatic rings. The number of carbonyl (C=O) groups is 1. The second kappa shape index (κ2) is 6.35. The number of pyridine rings is 2. The zero-order valence-corrected chi connectivity index (χ0v) is 12.8. The molecule has 5 nitrogen and oxygen atoms in total. The van der Waals surface area contributed by atoms with E-state index in [9.17, 15) is 4.79 Å². The van der Waals surface area contributed by atoms with E-state index in [1.165, 1.54) is 0 Å². The molecule has 0 fully saturated rings. The fourth-order valence-corrected chi connectivity index (χ4v) is 1.95. The van der Waals surface area contributed by atoms with Gasteiger partial charge in [0.15, 0.2) is 0 Å². The number of anilines is 2. The number of nitrogens with one attached hydrogen (secondary N) is 1. The molecule has 0 aliphatic heterocycles. The van der Waals surface area contributed by atoms with Gasteiger partial charge in [0.25, 0.3) is 5.91 Å². The van der Waals surface area contributed by atoms with Gasteiger partial charge < -0.3 is 5.32 Å². The summed E-state index contributed by atoms with van der Waals surface area (Å²) in [6, 6.07) is 9.09. The Morgan fingerprint density at radius 2 is 2.05 bits per heavy atom. The maximum atomic E-state index is 12.6. The molecule has 0 saturated carbocycles. The van der Waals surface area contributed by atoms with Crippen molar-refractivity contribution in [2.45, 2.75) is 19.8 Å². The van der Waals surface area contributed by atoms with Crippen LogP contribution >= 0.6 is 0 Å². The van der Waals surface area contributed by atoms with Crippen molar-refractivity contribution in [1.82, 2.24) is 9.97 Å². The third-order valence-corrected chi connectivity index (χ3v) is 3.24. The highest BCUT2D eigenvalue weighted by molar-refractivity contribution is 6.05. The SMILES string of the molecule is CNc1cc(C(=O)N(C)c2ccccn2)cc(C(C)C)n1. The van der Waals surface area contributed by atoms with Gasteiger partial charge in [-0.2, -0.15) is 0 Å². The topological polar surface area (TPSA) is 58.1 Å². The lowest BCUT2D eigenvalue weighted by molar-refractivity contribution is 0.0992. The predicted octanol–water partition coefficient (Wildman–Crippen LogP) is 2.92. The summed E-state index contributed by atoms with van der Waals surface area (Å²) in [5, 5.41) is 3.00. The molecule has 1 amide bonds. The lowest BCUT2D eigenvalue weighted by Gasteiger charge is -2.17. The number of hydrogen-bond donors (Lipinski definition) is 1. The van der Waals surface area contributed by atoms with Crippen molar-refractivity contribution in [2.75, 3.05) is 24.3 Å². The maximum absolute atomic E-state index is 12.6. The van der Waals surface area contributed by atoms with Gasteiger partial charge in [0.2, 0.25) is 0 Å². The number of amides is 1. The number of hydrogen-bond acceptors (Lipinski definition) is 4. The first-order valence-corrected chi connectivity index (χ1v) is 6.91. The summed E-state index contributed by atoms with van der Waals surface area (Å²) in [4.78, 5) is 22.8. The van der Waals surface area contributed by atoms with Crippen LogP contribution in [0, 0.1) is 0 Å². The lowest BCUT2D eigenvalue weighted by Crippen LogP contribution is -2.27. The Morgan fingerprint density at radius 1 is 1.29 bits per heavy atom. The molecule has 0 unspecified atom stereocenters. The Hall–Kier alpha value is -2.43. The van der Waals surface area contributed by atoms with E-state index in [1.54, 1.807) is 37.3 Å². The molecule has 0 aromatic carbocycles. The summed E-state index contributed by atoms with van der Waals surface area (Å²) < 4.78 is 0. The minimum Gasteiger partial charge on any atom is -0.373 e. The van der Waals surface area contributed by atoms with Gasteiger partial charge in [-0.3, -0.25) is 9.69 Å². The molecule has 2 aromatic rings. The molecule has 1 N–H and O–H groups in total. The van der Waals surface area contributed by atoms with Crippen molar-refractivity contribution in [3.05, 3.63) is 47.8 Å². The monoisotopic (exact) mass is 284 g/mol. The van der Waals surface area contributed by atoms with E-state index in [1.807, 2.05) is 18.2 Å². The number of nitrogens with zero attached hydrogens (tertiary/aromatic N) is 3. The molecule has 110 valence electrons. The van der Waals surface area contributed by atoms with Gasteiger partial charge in [0.1, 0.15) is 11.6 Å². The minimum atomic E-state index is -0.102. The molecule has 0 bridgehead atoms. The molecule has 21 heavy (non-hydrogen) atoms. The molecule has 0 radical (unpaired) electrons. The molecular formula is C16H20N4O. The highest BCUT2D eigenvalue weighted by atomic mass is 16.2. The van der Waals surface area contributed by atoms with Crippen LogP contribution < -0.4 is 10.2 Å².